The van der Waals surface area contributed by atoms with E-state index in [9.17, 15) is 0 Å². The normalized spacial score (nSPS) is 12.3. The molecule has 0 aromatic carbocycles. The molecule has 0 amide bonds. The minimum atomic E-state index is -1.17. The molecular formula is C53H111P. The third kappa shape index (κ3) is 42.0. The van der Waals surface area contributed by atoms with Crippen LogP contribution in [0.5, 0.6) is 0 Å². The van der Waals surface area contributed by atoms with Crippen molar-refractivity contribution in [1.82, 2.24) is 0 Å². The van der Waals surface area contributed by atoms with Crippen molar-refractivity contribution in [2.45, 2.75) is 317 Å². The first-order valence-electron chi connectivity index (χ1n) is 26.7. The van der Waals surface area contributed by atoms with Gasteiger partial charge in [-0.3, -0.25) is 0 Å². The Bertz CT molecular complexity index is 581. The summed E-state index contributed by atoms with van der Waals surface area (Å²) in [7, 11) is -1.17. The summed E-state index contributed by atoms with van der Waals surface area (Å²) in [6.07, 6.45) is 74.0. The fraction of sp³-hybridized carbons (Fsp3) is 1.00. The molecule has 0 aliphatic heterocycles. The molecule has 0 bridgehead atoms. The summed E-state index contributed by atoms with van der Waals surface area (Å²) in [6, 6.07) is 0. The maximum atomic E-state index is 2.34. The van der Waals surface area contributed by atoms with Crippen molar-refractivity contribution in [2.24, 2.45) is 0 Å². The molecule has 0 fully saturated rings. The van der Waals surface area contributed by atoms with Gasteiger partial charge < -0.3 is 0 Å². The van der Waals surface area contributed by atoms with Crippen molar-refractivity contribution >= 4 is 7.26 Å². The SMILES string of the molecule is CCCCCCCCCCCCCCCCC[PH](CCCCCCCCCCCC)(CCCCCCCCCCCC)CCCCCCCCCCCC. The number of hydrogen-bond acceptors (Lipinski definition) is 0. The molecular weight excluding hydrogens is 668 g/mol. The summed E-state index contributed by atoms with van der Waals surface area (Å²) in [5.41, 5.74) is 0. The molecule has 0 aliphatic carbocycles. The summed E-state index contributed by atoms with van der Waals surface area (Å²) in [5.74, 6) is 0. The van der Waals surface area contributed by atoms with Crippen LogP contribution in [-0.2, 0) is 0 Å². The van der Waals surface area contributed by atoms with Gasteiger partial charge in [-0.25, -0.2) is 0 Å². The molecule has 0 unspecified atom stereocenters. The van der Waals surface area contributed by atoms with E-state index in [2.05, 4.69) is 27.7 Å². The van der Waals surface area contributed by atoms with E-state index >= 15 is 0 Å². The van der Waals surface area contributed by atoms with E-state index < -0.39 is 7.26 Å². The molecule has 0 aromatic rings. The van der Waals surface area contributed by atoms with Crippen LogP contribution in [0.4, 0.5) is 0 Å². The zero-order chi connectivity index (χ0) is 39.1. The molecule has 0 N–H and O–H groups in total. The molecule has 0 nitrogen and oxygen atoms in total. The van der Waals surface area contributed by atoms with Crippen LogP contribution >= 0.6 is 7.26 Å². The van der Waals surface area contributed by atoms with E-state index in [1.165, 1.54) is 238 Å². The van der Waals surface area contributed by atoms with Crippen LogP contribution in [0.15, 0.2) is 0 Å². The standard InChI is InChI=1S/C53H111P/c1-5-9-13-17-21-25-29-30-31-32-33-37-41-45-49-53-54(50-46-42-38-34-26-22-18-14-10-6-2,51-47-43-39-35-27-23-19-15-11-7-3)52-48-44-40-36-28-24-20-16-12-8-4/h54H,5-53H2,1-4H3. The Balaban J connectivity index is 4.82. The molecule has 0 atom stereocenters. The molecule has 328 valence electrons. The van der Waals surface area contributed by atoms with Gasteiger partial charge in [-0.1, -0.05) is 32.6 Å². The van der Waals surface area contributed by atoms with Crippen molar-refractivity contribution < 1.29 is 0 Å². The zero-order valence-electron chi connectivity index (χ0n) is 39.1. The first-order valence-corrected chi connectivity index (χ1v) is 29.6. The van der Waals surface area contributed by atoms with Gasteiger partial charge in [-0.15, -0.1) is 0 Å². The second-order valence-corrected chi connectivity index (χ2v) is 24.0. The fourth-order valence-electron chi connectivity index (χ4n) is 9.58. The summed E-state index contributed by atoms with van der Waals surface area (Å²) in [6.45, 7) is 9.36. The molecule has 0 saturated carbocycles. The maximum absolute atomic E-state index is 2.34. The van der Waals surface area contributed by atoms with Crippen LogP contribution in [0.3, 0.4) is 0 Å². The van der Waals surface area contributed by atoms with E-state index in [1.54, 1.807) is 76.0 Å². The van der Waals surface area contributed by atoms with Crippen LogP contribution in [-0.4, -0.2) is 24.6 Å². The topological polar surface area (TPSA) is 0 Å². The van der Waals surface area contributed by atoms with Crippen molar-refractivity contribution in [3.05, 3.63) is 0 Å². The predicted octanol–water partition coefficient (Wildman–Crippen LogP) is 20.4. The molecule has 0 rings (SSSR count). The van der Waals surface area contributed by atoms with Gasteiger partial charge in [-0.05, 0) is 0 Å². The Morgan fingerprint density at radius 2 is 0.259 bits per heavy atom. The minimum absolute atomic E-state index is 1.17. The van der Waals surface area contributed by atoms with Crippen molar-refractivity contribution in [1.29, 1.82) is 0 Å². The molecule has 0 spiro atoms. The van der Waals surface area contributed by atoms with E-state index in [0.29, 0.717) is 0 Å². The van der Waals surface area contributed by atoms with Gasteiger partial charge in [0, 0.05) is 0 Å². The second-order valence-electron chi connectivity index (χ2n) is 19.0. The molecule has 0 aromatic heterocycles. The second kappa shape index (κ2) is 47.8. The Hall–Kier alpha value is 0.430. The van der Waals surface area contributed by atoms with Crippen LogP contribution in [0, 0.1) is 0 Å². The van der Waals surface area contributed by atoms with Crippen molar-refractivity contribution in [2.75, 3.05) is 24.6 Å². The molecule has 0 heterocycles. The number of rotatable bonds is 49. The first kappa shape index (κ1) is 54.4. The van der Waals surface area contributed by atoms with E-state index in [0.717, 1.165) is 0 Å². The fourth-order valence-corrected chi connectivity index (χ4v) is 15.1. The van der Waals surface area contributed by atoms with Crippen LogP contribution in [0.1, 0.15) is 317 Å². The summed E-state index contributed by atoms with van der Waals surface area (Å²) < 4.78 is 0. The quantitative estimate of drug-likeness (QED) is 0.0426. The average molecular weight is 779 g/mol. The van der Waals surface area contributed by atoms with Crippen molar-refractivity contribution in [3.8, 4) is 0 Å². The summed E-state index contributed by atoms with van der Waals surface area (Å²) >= 11 is 0. The molecule has 0 saturated heterocycles. The predicted molar refractivity (Wildman–Crippen MR) is 258 cm³/mol. The van der Waals surface area contributed by atoms with E-state index in [1.807, 2.05) is 0 Å². The van der Waals surface area contributed by atoms with Crippen LogP contribution in [0.25, 0.3) is 0 Å². The molecule has 0 aliphatic rings. The molecule has 0 radical (unpaired) electrons. The third-order valence-electron chi connectivity index (χ3n) is 13.5. The monoisotopic (exact) mass is 779 g/mol. The van der Waals surface area contributed by atoms with E-state index in [-0.39, 0.29) is 0 Å². The van der Waals surface area contributed by atoms with Crippen molar-refractivity contribution in [3.63, 3.8) is 0 Å². The zero-order valence-corrected chi connectivity index (χ0v) is 40.1. The van der Waals surface area contributed by atoms with Crippen LogP contribution in [0.2, 0.25) is 0 Å². The van der Waals surface area contributed by atoms with Gasteiger partial charge in [0.15, 0.2) is 0 Å². The third-order valence-corrected chi connectivity index (χ3v) is 19.1. The van der Waals surface area contributed by atoms with Gasteiger partial charge in [0.25, 0.3) is 0 Å². The van der Waals surface area contributed by atoms with Gasteiger partial charge >= 0.3 is 316 Å². The average Bonchev–Trinajstić information content (AvgIpc) is 3.18. The van der Waals surface area contributed by atoms with Gasteiger partial charge in [0.1, 0.15) is 0 Å². The van der Waals surface area contributed by atoms with Gasteiger partial charge in [0.05, 0.1) is 0 Å². The summed E-state index contributed by atoms with van der Waals surface area (Å²) in [4.78, 5) is 0. The van der Waals surface area contributed by atoms with E-state index in [4.69, 9.17) is 0 Å². The Morgan fingerprint density at radius 3 is 0.389 bits per heavy atom. The molecule has 1 heteroatoms. The van der Waals surface area contributed by atoms with Gasteiger partial charge in [0.2, 0.25) is 0 Å². The molecule has 54 heavy (non-hydrogen) atoms. The Kier molecular flexibility index (Phi) is 48.2. The Morgan fingerprint density at radius 1 is 0.148 bits per heavy atom. The number of unbranched alkanes of at least 4 members (excludes halogenated alkanes) is 41. The van der Waals surface area contributed by atoms with Crippen LogP contribution < -0.4 is 0 Å². The van der Waals surface area contributed by atoms with Gasteiger partial charge in [-0.2, -0.15) is 0 Å². The summed E-state index contributed by atoms with van der Waals surface area (Å²) in [5, 5.41) is 0. The Labute approximate surface area is 347 Å². The number of hydrogen-bond donors (Lipinski definition) is 0. The first-order chi connectivity index (χ1) is 26.7.